The lowest BCUT2D eigenvalue weighted by Crippen LogP contribution is -2.28. The SMILES string of the molecule is CC(C)(C)ONCc1cc(Br)cc([N+](=O)[O-])c1. The molecule has 0 aliphatic rings. The molecule has 6 heteroatoms. The Labute approximate surface area is 108 Å². The molecule has 1 N–H and O–H groups in total. The lowest BCUT2D eigenvalue weighted by molar-refractivity contribution is -0.385. The maximum absolute atomic E-state index is 10.7. The summed E-state index contributed by atoms with van der Waals surface area (Å²) < 4.78 is 0.680. The van der Waals surface area contributed by atoms with Gasteiger partial charge in [0, 0.05) is 23.2 Å². The Hall–Kier alpha value is -0.980. The molecule has 0 radical (unpaired) electrons. The average molecular weight is 303 g/mol. The number of halogens is 1. The van der Waals surface area contributed by atoms with Crippen LogP contribution in [0.4, 0.5) is 5.69 Å². The Morgan fingerprint density at radius 2 is 2.06 bits per heavy atom. The fourth-order valence-electron chi connectivity index (χ4n) is 1.18. The first-order chi connectivity index (χ1) is 7.78. The third-order valence-electron chi connectivity index (χ3n) is 1.81. The van der Waals surface area contributed by atoms with E-state index in [9.17, 15) is 10.1 Å². The number of hydrogen-bond donors (Lipinski definition) is 1. The van der Waals surface area contributed by atoms with E-state index >= 15 is 0 Å². The summed E-state index contributed by atoms with van der Waals surface area (Å²) in [6, 6.07) is 4.80. The number of hydrogen-bond acceptors (Lipinski definition) is 4. The number of hydroxylamine groups is 1. The molecule has 0 aliphatic carbocycles. The van der Waals surface area contributed by atoms with E-state index in [1.165, 1.54) is 12.1 Å². The van der Waals surface area contributed by atoms with Crippen molar-refractivity contribution in [2.75, 3.05) is 0 Å². The minimum Gasteiger partial charge on any atom is -0.296 e. The Balaban J connectivity index is 2.68. The molecule has 0 unspecified atom stereocenters. The van der Waals surface area contributed by atoms with Crippen molar-refractivity contribution in [3.63, 3.8) is 0 Å². The molecule has 0 aliphatic heterocycles. The van der Waals surface area contributed by atoms with E-state index in [-0.39, 0.29) is 11.3 Å². The highest BCUT2D eigenvalue weighted by atomic mass is 79.9. The molecule has 0 spiro atoms. The van der Waals surface area contributed by atoms with Crippen LogP contribution in [0, 0.1) is 10.1 Å². The highest BCUT2D eigenvalue weighted by molar-refractivity contribution is 9.10. The number of rotatable bonds is 4. The van der Waals surface area contributed by atoms with Crippen molar-refractivity contribution in [2.45, 2.75) is 32.9 Å². The second-order valence-corrected chi connectivity index (χ2v) is 5.53. The summed E-state index contributed by atoms with van der Waals surface area (Å²) in [4.78, 5) is 15.6. The number of benzene rings is 1. The third-order valence-corrected chi connectivity index (χ3v) is 2.27. The molecule has 0 saturated heterocycles. The smallest absolute Gasteiger partial charge is 0.270 e. The molecular formula is C11H15BrN2O3. The Kier molecular flexibility index (Phi) is 4.62. The van der Waals surface area contributed by atoms with Gasteiger partial charge in [0.15, 0.2) is 0 Å². The van der Waals surface area contributed by atoms with E-state index in [0.29, 0.717) is 11.0 Å². The summed E-state index contributed by atoms with van der Waals surface area (Å²) in [7, 11) is 0. The van der Waals surface area contributed by atoms with Crippen LogP contribution in [-0.2, 0) is 11.4 Å². The second-order valence-electron chi connectivity index (χ2n) is 4.61. The normalized spacial score (nSPS) is 11.5. The zero-order valence-corrected chi connectivity index (χ0v) is 11.6. The van der Waals surface area contributed by atoms with E-state index in [1.807, 2.05) is 26.8 Å². The van der Waals surface area contributed by atoms with Gasteiger partial charge in [-0.15, -0.1) is 0 Å². The van der Waals surface area contributed by atoms with Crippen molar-refractivity contribution < 1.29 is 9.76 Å². The number of non-ortho nitro benzene ring substituents is 1. The maximum atomic E-state index is 10.7. The van der Waals surface area contributed by atoms with Crippen LogP contribution in [0.2, 0.25) is 0 Å². The molecule has 0 atom stereocenters. The van der Waals surface area contributed by atoms with Crippen molar-refractivity contribution in [1.29, 1.82) is 0 Å². The molecule has 1 rings (SSSR count). The summed E-state index contributed by atoms with van der Waals surface area (Å²) >= 11 is 3.24. The van der Waals surface area contributed by atoms with Crippen LogP contribution in [0.15, 0.2) is 22.7 Å². The van der Waals surface area contributed by atoms with E-state index in [1.54, 1.807) is 0 Å². The van der Waals surface area contributed by atoms with Crippen molar-refractivity contribution in [2.24, 2.45) is 0 Å². The van der Waals surface area contributed by atoms with Crippen molar-refractivity contribution in [3.05, 3.63) is 38.3 Å². The summed E-state index contributed by atoms with van der Waals surface area (Å²) in [6.07, 6.45) is 0. The second kappa shape index (κ2) is 5.57. The van der Waals surface area contributed by atoms with Crippen LogP contribution >= 0.6 is 15.9 Å². The highest BCUT2D eigenvalue weighted by Gasteiger charge is 2.11. The quantitative estimate of drug-likeness (QED) is 0.685. The predicted octanol–water partition coefficient (Wildman–Crippen LogP) is 3.18. The van der Waals surface area contributed by atoms with Gasteiger partial charge in [-0.25, -0.2) is 0 Å². The Morgan fingerprint density at radius 1 is 1.41 bits per heavy atom. The minimum atomic E-state index is -0.418. The summed E-state index contributed by atoms with van der Waals surface area (Å²) in [5, 5.41) is 10.7. The largest absolute Gasteiger partial charge is 0.296 e. The molecule has 0 aromatic heterocycles. The van der Waals surface area contributed by atoms with Crippen LogP contribution in [0.3, 0.4) is 0 Å². The van der Waals surface area contributed by atoms with E-state index in [2.05, 4.69) is 21.4 Å². The standard InChI is InChI=1S/C11H15BrN2O3/c1-11(2,3)17-13-7-8-4-9(12)6-10(5-8)14(15)16/h4-6,13H,7H2,1-3H3. The molecule has 17 heavy (non-hydrogen) atoms. The zero-order chi connectivity index (χ0) is 13.1. The Morgan fingerprint density at radius 3 is 2.59 bits per heavy atom. The van der Waals surface area contributed by atoms with Gasteiger partial charge >= 0.3 is 0 Å². The van der Waals surface area contributed by atoms with Gasteiger partial charge in [0.1, 0.15) is 0 Å². The molecule has 0 heterocycles. The van der Waals surface area contributed by atoms with E-state index in [4.69, 9.17) is 4.84 Å². The van der Waals surface area contributed by atoms with Gasteiger partial charge in [0.25, 0.3) is 5.69 Å². The van der Waals surface area contributed by atoms with Crippen LogP contribution in [0.1, 0.15) is 26.3 Å². The number of nitrogens with one attached hydrogen (secondary N) is 1. The number of nitrogens with zero attached hydrogens (tertiary/aromatic N) is 1. The van der Waals surface area contributed by atoms with Gasteiger partial charge in [0.2, 0.25) is 0 Å². The van der Waals surface area contributed by atoms with Gasteiger partial charge in [-0.2, -0.15) is 5.48 Å². The molecule has 0 fully saturated rings. The lowest BCUT2D eigenvalue weighted by Gasteiger charge is -2.19. The molecule has 94 valence electrons. The van der Waals surface area contributed by atoms with Crippen LogP contribution < -0.4 is 5.48 Å². The molecule has 0 bridgehead atoms. The molecule has 1 aromatic rings. The molecule has 5 nitrogen and oxygen atoms in total. The summed E-state index contributed by atoms with van der Waals surface area (Å²) in [6.45, 7) is 6.17. The van der Waals surface area contributed by atoms with Crippen molar-refractivity contribution in [1.82, 2.24) is 5.48 Å². The van der Waals surface area contributed by atoms with Crippen LogP contribution in [0.25, 0.3) is 0 Å². The molecular weight excluding hydrogens is 288 g/mol. The van der Waals surface area contributed by atoms with E-state index in [0.717, 1.165) is 5.56 Å². The Bertz CT molecular complexity index is 416. The third kappa shape index (κ3) is 5.25. The molecule has 0 amide bonds. The van der Waals surface area contributed by atoms with E-state index < -0.39 is 4.92 Å². The molecule has 1 aromatic carbocycles. The topological polar surface area (TPSA) is 64.4 Å². The fourth-order valence-corrected chi connectivity index (χ4v) is 1.71. The summed E-state index contributed by atoms with van der Waals surface area (Å²) in [5.41, 5.74) is 3.35. The van der Waals surface area contributed by atoms with Crippen LogP contribution in [-0.4, -0.2) is 10.5 Å². The van der Waals surface area contributed by atoms with Gasteiger partial charge in [0.05, 0.1) is 10.5 Å². The molecule has 0 saturated carbocycles. The van der Waals surface area contributed by atoms with Crippen molar-refractivity contribution in [3.8, 4) is 0 Å². The van der Waals surface area contributed by atoms with Gasteiger partial charge in [-0.05, 0) is 32.4 Å². The predicted molar refractivity (Wildman–Crippen MR) is 68.5 cm³/mol. The first-order valence-corrected chi connectivity index (χ1v) is 5.92. The van der Waals surface area contributed by atoms with Gasteiger partial charge in [-0.1, -0.05) is 15.9 Å². The fraction of sp³-hybridized carbons (Fsp3) is 0.455. The van der Waals surface area contributed by atoms with Crippen molar-refractivity contribution >= 4 is 21.6 Å². The van der Waals surface area contributed by atoms with Gasteiger partial charge in [-0.3, -0.25) is 15.0 Å². The van der Waals surface area contributed by atoms with Crippen LogP contribution in [0.5, 0.6) is 0 Å². The minimum absolute atomic E-state index is 0.0620. The maximum Gasteiger partial charge on any atom is 0.270 e. The zero-order valence-electron chi connectivity index (χ0n) is 9.99. The first kappa shape index (κ1) is 14.1. The van der Waals surface area contributed by atoms with Gasteiger partial charge < -0.3 is 0 Å². The lowest BCUT2D eigenvalue weighted by atomic mass is 10.2. The first-order valence-electron chi connectivity index (χ1n) is 5.13. The summed E-state index contributed by atoms with van der Waals surface area (Å²) in [5.74, 6) is 0. The average Bonchev–Trinajstić information content (AvgIpc) is 2.14. The number of nitro benzene ring substituents is 1. The monoisotopic (exact) mass is 302 g/mol. The highest BCUT2D eigenvalue weighted by Crippen LogP contribution is 2.21. The number of nitro groups is 1.